The van der Waals surface area contributed by atoms with Crippen LogP contribution >= 0.6 is 15.9 Å². The minimum absolute atomic E-state index is 0.0505. The van der Waals surface area contributed by atoms with Crippen LogP contribution in [0.15, 0.2) is 28.7 Å². The lowest BCUT2D eigenvalue weighted by atomic mass is 9.80. The summed E-state index contributed by atoms with van der Waals surface area (Å²) in [6.45, 7) is 7.12. The van der Waals surface area contributed by atoms with Crippen molar-refractivity contribution in [1.82, 2.24) is 4.90 Å². The SMILES string of the molecule is CC1(C)CN(CCC(=O)Nc2ccccc2Br)CCC1N. The van der Waals surface area contributed by atoms with E-state index in [2.05, 4.69) is 40.0 Å². The number of para-hydroxylation sites is 1. The largest absolute Gasteiger partial charge is 0.327 e. The van der Waals surface area contributed by atoms with Crippen molar-refractivity contribution in [2.45, 2.75) is 32.7 Å². The molecule has 4 nitrogen and oxygen atoms in total. The van der Waals surface area contributed by atoms with E-state index in [0.717, 1.165) is 36.2 Å². The maximum atomic E-state index is 12.0. The second-order valence-corrected chi connectivity index (χ2v) is 7.29. The summed E-state index contributed by atoms with van der Waals surface area (Å²) in [4.78, 5) is 14.4. The van der Waals surface area contributed by atoms with Gasteiger partial charge in [-0.05, 0) is 46.4 Å². The molecule has 0 saturated carbocycles. The van der Waals surface area contributed by atoms with Crippen molar-refractivity contribution in [2.24, 2.45) is 11.1 Å². The first-order valence-corrected chi connectivity index (χ1v) is 8.20. The van der Waals surface area contributed by atoms with E-state index in [-0.39, 0.29) is 17.4 Å². The standard InChI is InChI=1S/C16H24BrN3O/c1-16(2)11-20(9-7-14(16)18)10-8-15(21)19-13-6-4-3-5-12(13)17/h3-6,14H,7-11,18H2,1-2H3,(H,19,21). The fourth-order valence-electron chi connectivity index (χ4n) is 2.71. The highest BCUT2D eigenvalue weighted by Crippen LogP contribution is 2.27. The number of nitrogens with one attached hydrogen (secondary N) is 1. The summed E-state index contributed by atoms with van der Waals surface area (Å²) in [7, 11) is 0. The highest BCUT2D eigenvalue weighted by atomic mass is 79.9. The third-order valence-electron chi connectivity index (χ3n) is 4.19. The molecule has 0 aliphatic carbocycles. The summed E-state index contributed by atoms with van der Waals surface area (Å²) >= 11 is 3.43. The van der Waals surface area contributed by atoms with E-state index in [0.29, 0.717) is 6.42 Å². The second-order valence-electron chi connectivity index (χ2n) is 6.44. The summed E-state index contributed by atoms with van der Waals surface area (Å²) in [6.07, 6.45) is 1.51. The van der Waals surface area contributed by atoms with Gasteiger partial charge in [-0.15, -0.1) is 0 Å². The quantitative estimate of drug-likeness (QED) is 0.874. The lowest BCUT2D eigenvalue weighted by Crippen LogP contribution is -2.52. The van der Waals surface area contributed by atoms with Crippen molar-refractivity contribution in [3.8, 4) is 0 Å². The normalized spacial score (nSPS) is 22.0. The molecule has 21 heavy (non-hydrogen) atoms. The first kappa shape index (κ1) is 16.5. The maximum Gasteiger partial charge on any atom is 0.225 e. The zero-order valence-corrected chi connectivity index (χ0v) is 14.3. The van der Waals surface area contributed by atoms with Gasteiger partial charge in [-0.1, -0.05) is 26.0 Å². The number of hydrogen-bond acceptors (Lipinski definition) is 3. The lowest BCUT2D eigenvalue weighted by Gasteiger charge is -2.42. The second kappa shape index (κ2) is 6.90. The van der Waals surface area contributed by atoms with Crippen LogP contribution in [0.5, 0.6) is 0 Å². The highest BCUT2D eigenvalue weighted by Gasteiger charge is 2.33. The number of anilines is 1. The molecule has 1 unspecified atom stereocenters. The molecule has 116 valence electrons. The van der Waals surface area contributed by atoms with Crippen molar-refractivity contribution in [2.75, 3.05) is 25.0 Å². The predicted molar refractivity (Wildman–Crippen MR) is 90.2 cm³/mol. The Bertz CT molecular complexity index is 504. The number of nitrogens with zero attached hydrogens (tertiary/aromatic N) is 1. The Morgan fingerprint density at radius 3 is 2.86 bits per heavy atom. The molecule has 2 rings (SSSR count). The van der Waals surface area contributed by atoms with Gasteiger partial charge in [0.1, 0.15) is 0 Å². The molecule has 0 aromatic heterocycles. The maximum absolute atomic E-state index is 12.0. The van der Waals surface area contributed by atoms with E-state index in [1.54, 1.807) is 0 Å². The van der Waals surface area contributed by atoms with Crippen molar-refractivity contribution in [1.29, 1.82) is 0 Å². The van der Waals surface area contributed by atoms with E-state index in [9.17, 15) is 4.79 Å². The first-order chi connectivity index (χ1) is 9.88. The van der Waals surface area contributed by atoms with Crippen molar-refractivity contribution in [3.63, 3.8) is 0 Å². The van der Waals surface area contributed by atoms with Gasteiger partial charge in [0.25, 0.3) is 0 Å². The Labute approximate surface area is 135 Å². The molecular weight excluding hydrogens is 330 g/mol. The Hall–Kier alpha value is -0.910. The fraction of sp³-hybridized carbons (Fsp3) is 0.562. The molecule has 0 radical (unpaired) electrons. The van der Waals surface area contributed by atoms with Crippen LogP contribution in [0.25, 0.3) is 0 Å². The number of piperidine rings is 1. The number of likely N-dealkylation sites (tertiary alicyclic amines) is 1. The molecule has 0 bridgehead atoms. The fourth-order valence-corrected chi connectivity index (χ4v) is 3.09. The van der Waals surface area contributed by atoms with Gasteiger partial charge in [0, 0.05) is 30.0 Å². The van der Waals surface area contributed by atoms with E-state index >= 15 is 0 Å². The molecule has 1 fully saturated rings. The van der Waals surface area contributed by atoms with Crippen LogP contribution < -0.4 is 11.1 Å². The summed E-state index contributed by atoms with van der Waals surface area (Å²) in [5, 5.41) is 2.94. The molecule has 0 spiro atoms. The minimum atomic E-state index is 0.0505. The molecule has 1 saturated heterocycles. The molecule has 1 aliphatic heterocycles. The summed E-state index contributed by atoms with van der Waals surface area (Å²) in [5.74, 6) is 0.0505. The number of hydrogen-bond donors (Lipinski definition) is 2. The molecular formula is C16H24BrN3O. The zero-order valence-electron chi connectivity index (χ0n) is 12.7. The molecule has 1 amide bonds. The van der Waals surface area contributed by atoms with E-state index in [4.69, 9.17) is 5.73 Å². The van der Waals surface area contributed by atoms with Crippen LogP contribution in [0.1, 0.15) is 26.7 Å². The first-order valence-electron chi connectivity index (χ1n) is 7.41. The molecule has 1 aromatic carbocycles. The van der Waals surface area contributed by atoms with Crippen LogP contribution in [0.4, 0.5) is 5.69 Å². The van der Waals surface area contributed by atoms with Gasteiger partial charge < -0.3 is 16.0 Å². The van der Waals surface area contributed by atoms with Crippen LogP contribution in [0.3, 0.4) is 0 Å². The van der Waals surface area contributed by atoms with Crippen LogP contribution in [-0.4, -0.2) is 36.5 Å². The van der Waals surface area contributed by atoms with E-state index in [1.165, 1.54) is 0 Å². The molecule has 1 heterocycles. The molecule has 5 heteroatoms. The molecule has 1 atom stereocenters. The van der Waals surface area contributed by atoms with E-state index < -0.39 is 0 Å². The lowest BCUT2D eigenvalue weighted by molar-refractivity contribution is -0.116. The van der Waals surface area contributed by atoms with Gasteiger partial charge in [-0.25, -0.2) is 0 Å². The smallest absolute Gasteiger partial charge is 0.225 e. The van der Waals surface area contributed by atoms with Gasteiger partial charge in [0.05, 0.1) is 5.69 Å². The predicted octanol–water partition coefficient (Wildman–Crippen LogP) is 2.84. The highest BCUT2D eigenvalue weighted by molar-refractivity contribution is 9.10. The average Bonchev–Trinajstić information content (AvgIpc) is 2.42. The molecule has 1 aliphatic rings. The van der Waals surface area contributed by atoms with Crippen molar-refractivity contribution in [3.05, 3.63) is 28.7 Å². The topological polar surface area (TPSA) is 58.4 Å². The summed E-state index contributed by atoms with van der Waals surface area (Å²) in [5.41, 5.74) is 7.08. The zero-order chi connectivity index (χ0) is 15.5. The monoisotopic (exact) mass is 353 g/mol. The van der Waals surface area contributed by atoms with Gasteiger partial charge in [0.15, 0.2) is 0 Å². The Balaban J connectivity index is 1.81. The summed E-state index contributed by atoms with van der Waals surface area (Å²) < 4.78 is 0.906. The number of halogens is 1. The summed E-state index contributed by atoms with van der Waals surface area (Å²) in [6, 6.07) is 7.91. The third kappa shape index (κ3) is 4.53. The van der Waals surface area contributed by atoms with Crippen molar-refractivity contribution < 1.29 is 4.79 Å². The molecule has 1 aromatic rings. The van der Waals surface area contributed by atoms with Gasteiger partial charge in [-0.3, -0.25) is 4.79 Å². The Morgan fingerprint density at radius 2 is 2.19 bits per heavy atom. The Morgan fingerprint density at radius 1 is 1.48 bits per heavy atom. The van der Waals surface area contributed by atoms with Gasteiger partial charge in [-0.2, -0.15) is 0 Å². The van der Waals surface area contributed by atoms with Gasteiger partial charge >= 0.3 is 0 Å². The minimum Gasteiger partial charge on any atom is -0.327 e. The number of carbonyl (C=O) groups excluding carboxylic acids is 1. The molecule has 3 N–H and O–H groups in total. The van der Waals surface area contributed by atoms with Crippen LogP contribution in [-0.2, 0) is 4.79 Å². The number of carbonyl (C=O) groups is 1. The number of rotatable bonds is 4. The number of amides is 1. The third-order valence-corrected chi connectivity index (χ3v) is 4.89. The van der Waals surface area contributed by atoms with Crippen LogP contribution in [0, 0.1) is 5.41 Å². The number of nitrogens with two attached hydrogens (primary N) is 1. The van der Waals surface area contributed by atoms with E-state index in [1.807, 2.05) is 24.3 Å². The number of benzene rings is 1. The van der Waals surface area contributed by atoms with Crippen molar-refractivity contribution >= 4 is 27.5 Å². The average molecular weight is 354 g/mol. The van der Waals surface area contributed by atoms with Gasteiger partial charge in [0.2, 0.25) is 5.91 Å². The Kier molecular flexibility index (Phi) is 5.41. The van der Waals surface area contributed by atoms with Crippen LogP contribution in [0.2, 0.25) is 0 Å².